The highest BCUT2D eigenvalue weighted by molar-refractivity contribution is 7.00. The number of nitrogens with zero attached hydrogens (tertiary/aromatic N) is 3. The highest BCUT2D eigenvalue weighted by Crippen LogP contribution is 2.23. The van der Waals surface area contributed by atoms with Crippen LogP contribution in [-0.4, -0.2) is 13.7 Å². The number of pyridine rings is 1. The van der Waals surface area contributed by atoms with Crippen LogP contribution in [0.25, 0.3) is 11.0 Å². The summed E-state index contributed by atoms with van der Waals surface area (Å²) >= 11 is 1.29. The molecule has 0 amide bonds. The van der Waals surface area contributed by atoms with E-state index < -0.39 is 0 Å². The zero-order valence-electron chi connectivity index (χ0n) is 10.7. The average Bonchev–Trinajstić information content (AvgIpc) is 2.82. The number of rotatable bonds is 5. The van der Waals surface area contributed by atoms with Crippen molar-refractivity contribution in [1.29, 1.82) is 0 Å². The Balaban J connectivity index is 2.29. The molecule has 0 saturated carbocycles. The van der Waals surface area contributed by atoms with Crippen LogP contribution in [0.2, 0.25) is 0 Å². The van der Waals surface area contributed by atoms with E-state index in [1.165, 1.54) is 31.0 Å². The predicted octanol–water partition coefficient (Wildman–Crippen LogP) is 3.76. The van der Waals surface area contributed by atoms with E-state index in [1.807, 2.05) is 13.1 Å². The predicted molar refractivity (Wildman–Crippen MR) is 72.3 cm³/mol. The van der Waals surface area contributed by atoms with Gasteiger partial charge in [0.2, 0.25) is 0 Å². The monoisotopic (exact) mass is 249 g/mol. The molecule has 0 aliphatic rings. The van der Waals surface area contributed by atoms with Gasteiger partial charge >= 0.3 is 0 Å². The van der Waals surface area contributed by atoms with Gasteiger partial charge in [0.05, 0.1) is 17.4 Å². The van der Waals surface area contributed by atoms with Crippen molar-refractivity contribution < 1.29 is 0 Å². The van der Waals surface area contributed by atoms with Gasteiger partial charge in [-0.25, -0.2) is 0 Å². The minimum atomic E-state index is 0.722. The summed E-state index contributed by atoms with van der Waals surface area (Å²) in [5.74, 6) is 0.722. The maximum absolute atomic E-state index is 4.55. The SMILES string of the molecule is CCCC(CC)Cc1ncc(C)c2nsnc12. The van der Waals surface area contributed by atoms with Crippen LogP contribution in [0.3, 0.4) is 0 Å². The number of fused-ring (bicyclic) bond motifs is 1. The van der Waals surface area contributed by atoms with Crippen molar-refractivity contribution in [1.82, 2.24) is 13.7 Å². The first-order chi connectivity index (χ1) is 8.26. The van der Waals surface area contributed by atoms with Crippen molar-refractivity contribution in [3.8, 4) is 0 Å². The third kappa shape index (κ3) is 2.63. The normalized spacial score (nSPS) is 13.1. The molecule has 0 aliphatic carbocycles. The van der Waals surface area contributed by atoms with Crippen molar-refractivity contribution in [2.45, 2.75) is 46.5 Å². The standard InChI is InChI=1S/C13H19N3S/c1-4-6-10(5-2)7-11-13-12(15-17-16-13)9(3)8-14-11/h8,10H,4-7H2,1-3H3. The summed E-state index contributed by atoms with van der Waals surface area (Å²) in [7, 11) is 0. The Morgan fingerprint density at radius 3 is 2.71 bits per heavy atom. The van der Waals surface area contributed by atoms with E-state index in [-0.39, 0.29) is 0 Å². The molecular weight excluding hydrogens is 230 g/mol. The van der Waals surface area contributed by atoms with E-state index in [1.54, 1.807) is 0 Å². The molecule has 3 nitrogen and oxygen atoms in total. The maximum Gasteiger partial charge on any atom is 0.126 e. The van der Waals surface area contributed by atoms with Gasteiger partial charge in [0, 0.05) is 6.20 Å². The van der Waals surface area contributed by atoms with Gasteiger partial charge in [-0.2, -0.15) is 8.75 Å². The van der Waals surface area contributed by atoms with Crippen LogP contribution in [0.5, 0.6) is 0 Å². The van der Waals surface area contributed by atoms with Crippen LogP contribution < -0.4 is 0 Å². The number of hydrogen-bond donors (Lipinski definition) is 0. The minimum Gasteiger partial charge on any atom is -0.259 e. The van der Waals surface area contributed by atoms with Crippen LogP contribution in [0.15, 0.2) is 6.20 Å². The highest BCUT2D eigenvalue weighted by atomic mass is 32.1. The van der Waals surface area contributed by atoms with E-state index >= 15 is 0 Å². The van der Waals surface area contributed by atoms with Gasteiger partial charge in [-0.05, 0) is 24.8 Å². The zero-order chi connectivity index (χ0) is 12.3. The molecule has 92 valence electrons. The summed E-state index contributed by atoms with van der Waals surface area (Å²) in [6, 6.07) is 0. The van der Waals surface area contributed by atoms with Gasteiger partial charge < -0.3 is 0 Å². The Hall–Kier alpha value is -1.03. The first-order valence-corrected chi connectivity index (χ1v) is 7.06. The lowest BCUT2D eigenvalue weighted by Crippen LogP contribution is -2.05. The molecule has 2 rings (SSSR count). The van der Waals surface area contributed by atoms with Gasteiger partial charge in [-0.3, -0.25) is 4.98 Å². The van der Waals surface area contributed by atoms with E-state index in [0.717, 1.165) is 34.6 Å². The summed E-state index contributed by atoms with van der Waals surface area (Å²) in [5, 5.41) is 0. The van der Waals surface area contributed by atoms with Crippen molar-refractivity contribution in [3.63, 3.8) is 0 Å². The van der Waals surface area contributed by atoms with Crippen LogP contribution in [0.4, 0.5) is 0 Å². The summed E-state index contributed by atoms with van der Waals surface area (Å²) in [5.41, 5.74) is 4.30. The Morgan fingerprint density at radius 2 is 2.00 bits per heavy atom. The van der Waals surface area contributed by atoms with Crippen molar-refractivity contribution >= 4 is 22.8 Å². The molecule has 0 fully saturated rings. The fraction of sp³-hybridized carbons (Fsp3) is 0.615. The first-order valence-electron chi connectivity index (χ1n) is 6.33. The van der Waals surface area contributed by atoms with Crippen LogP contribution in [0.1, 0.15) is 44.4 Å². The first kappa shape index (κ1) is 12.4. The van der Waals surface area contributed by atoms with E-state index in [2.05, 4.69) is 27.6 Å². The average molecular weight is 249 g/mol. The summed E-state index contributed by atoms with van der Waals surface area (Å²) in [6.45, 7) is 6.54. The summed E-state index contributed by atoms with van der Waals surface area (Å²) in [6.07, 6.45) is 6.68. The molecule has 2 aromatic heterocycles. The quantitative estimate of drug-likeness (QED) is 0.809. The molecule has 0 radical (unpaired) electrons. The zero-order valence-corrected chi connectivity index (χ0v) is 11.5. The molecule has 2 aromatic rings. The van der Waals surface area contributed by atoms with Gasteiger partial charge in [-0.1, -0.05) is 33.1 Å². The Kier molecular flexibility index (Phi) is 4.05. The van der Waals surface area contributed by atoms with Crippen LogP contribution >= 0.6 is 11.7 Å². The Labute approximate surface area is 107 Å². The molecule has 0 aliphatic heterocycles. The Morgan fingerprint density at radius 1 is 1.24 bits per heavy atom. The summed E-state index contributed by atoms with van der Waals surface area (Å²) in [4.78, 5) is 4.55. The lowest BCUT2D eigenvalue weighted by atomic mass is 9.94. The fourth-order valence-electron chi connectivity index (χ4n) is 2.22. The largest absolute Gasteiger partial charge is 0.259 e. The highest BCUT2D eigenvalue weighted by Gasteiger charge is 2.13. The van der Waals surface area contributed by atoms with E-state index in [0.29, 0.717) is 0 Å². The van der Waals surface area contributed by atoms with Gasteiger partial charge in [0.1, 0.15) is 11.0 Å². The molecule has 1 unspecified atom stereocenters. The molecule has 17 heavy (non-hydrogen) atoms. The molecule has 0 saturated heterocycles. The second-order valence-electron chi connectivity index (χ2n) is 4.62. The molecule has 2 heterocycles. The molecule has 1 atom stereocenters. The molecule has 0 N–H and O–H groups in total. The Bertz CT molecular complexity index is 492. The molecular formula is C13H19N3S. The molecule has 0 spiro atoms. The van der Waals surface area contributed by atoms with E-state index in [9.17, 15) is 0 Å². The van der Waals surface area contributed by atoms with Crippen LogP contribution in [0, 0.1) is 12.8 Å². The molecule has 0 aromatic carbocycles. The molecule has 4 heteroatoms. The topological polar surface area (TPSA) is 38.7 Å². The number of aryl methyl sites for hydroxylation is 1. The second kappa shape index (κ2) is 5.54. The third-order valence-corrected chi connectivity index (χ3v) is 3.83. The van der Waals surface area contributed by atoms with Crippen molar-refractivity contribution in [3.05, 3.63) is 17.5 Å². The van der Waals surface area contributed by atoms with Crippen LogP contribution in [-0.2, 0) is 6.42 Å². The van der Waals surface area contributed by atoms with Crippen molar-refractivity contribution in [2.24, 2.45) is 5.92 Å². The maximum atomic E-state index is 4.55. The van der Waals surface area contributed by atoms with E-state index in [4.69, 9.17) is 0 Å². The molecule has 0 bridgehead atoms. The minimum absolute atomic E-state index is 0.722. The van der Waals surface area contributed by atoms with Crippen molar-refractivity contribution in [2.75, 3.05) is 0 Å². The lowest BCUT2D eigenvalue weighted by molar-refractivity contribution is 0.459. The fourth-order valence-corrected chi connectivity index (χ4v) is 2.84. The summed E-state index contributed by atoms with van der Waals surface area (Å²) < 4.78 is 8.74. The smallest absolute Gasteiger partial charge is 0.126 e. The second-order valence-corrected chi connectivity index (χ2v) is 5.14. The van der Waals surface area contributed by atoms with Gasteiger partial charge in [-0.15, -0.1) is 0 Å². The lowest BCUT2D eigenvalue weighted by Gasteiger charge is -2.13. The van der Waals surface area contributed by atoms with Gasteiger partial charge in [0.25, 0.3) is 0 Å². The van der Waals surface area contributed by atoms with Gasteiger partial charge in [0.15, 0.2) is 0 Å². The number of hydrogen-bond acceptors (Lipinski definition) is 4. The third-order valence-electron chi connectivity index (χ3n) is 3.31. The number of aromatic nitrogens is 3.